The first-order valence-electron chi connectivity index (χ1n) is 9.62. The Kier molecular flexibility index (Phi) is 4.19. The van der Waals surface area contributed by atoms with E-state index in [-0.39, 0.29) is 17.6 Å². The minimum absolute atomic E-state index is 0.0281. The second-order valence-electron chi connectivity index (χ2n) is 7.58. The van der Waals surface area contributed by atoms with E-state index in [1.165, 1.54) is 0 Å². The number of amides is 1. The lowest BCUT2D eigenvalue weighted by atomic mass is 10.0. The molecule has 5 rings (SSSR count). The molecular formula is C20H20ClN5O2. The number of carbonyl (C=O) groups is 1. The van der Waals surface area contributed by atoms with Gasteiger partial charge in [-0.1, -0.05) is 23.7 Å². The second-order valence-corrected chi connectivity index (χ2v) is 7.99. The number of hydrogen-bond donors (Lipinski definition) is 1. The molecule has 1 aliphatic carbocycles. The molecule has 1 saturated carbocycles. The second kappa shape index (κ2) is 6.74. The van der Waals surface area contributed by atoms with Crippen molar-refractivity contribution in [2.24, 2.45) is 0 Å². The van der Waals surface area contributed by atoms with E-state index < -0.39 is 0 Å². The largest absolute Gasteiger partial charge is 0.343 e. The standard InChI is InChI=1S/C20H20ClN5O2/c21-17-3-1-2-14-15(17)10-22-11-16(14)19(27)25-8-6-13(7-9-25)26-20(28)23-18(24-26)12-4-5-12/h1-3,10-13H,4-9H2,(H,23,24,28). The van der Waals surface area contributed by atoms with Crippen molar-refractivity contribution in [3.8, 4) is 0 Å². The lowest BCUT2D eigenvalue weighted by molar-refractivity contribution is 0.0690. The Bertz CT molecular complexity index is 1110. The van der Waals surface area contributed by atoms with Crippen LogP contribution in [0.5, 0.6) is 0 Å². The third-order valence-electron chi connectivity index (χ3n) is 5.70. The minimum atomic E-state index is -0.139. The van der Waals surface area contributed by atoms with Gasteiger partial charge >= 0.3 is 5.69 Å². The number of aromatic amines is 1. The Morgan fingerprint density at radius 3 is 2.64 bits per heavy atom. The van der Waals surface area contributed by atoms with Crippen LogP contribution in [0, 0.1) is 0 Å². The van der Waals surface area contributed by atoms with Crippen LogP contribution < -0.4 is 5.69 Å². The number of pyridine rings is 1. The Morgan fingerprint density at radius 1 is 1.11 bits per heavy atom. The number of fused-ring (bicyclic) bond motifs is 1. The van der Waals surface area contributed by atoms with E-state index in [4.69, 9.17) is 11.6 Å². The summed E-state index contributed by atoms with van der Waals surface area (Å²) in [6.07, 6.45) is 6.90. The molecule has 0 atom stereocenters. The van der Waals surface area contributed by atoms with Gasteiger partial charge < -0.3 is 4.90 Å². The van der Waals surface area contributed by atoms with Gasteiger partial charge in [-0.15, -0.1) is 0 Å². The van der Waals surface area contributed by atoms with Gasteiger partial charge in [0, 0.05) is 41.8 Å². The zero-order valence-corrected chi connectivity index (χ0v) is 16.0. The number of nitrogens with zero attached hydrogens (tertiary/aromatic N) is 4. The van der Waals surface area contributed by atoms with Crippen LogP contribution in [0.25, 0.3) is 10.8 Å². The maximum absolute atomic E-state index is 13.1. The zero-order valence-electron chi connectivity index (χ0n) is 15.3. The van der Waals surface area contributed by atoms with Crippen molar-refractivity contribution in [2.75, 3.05) is 13.1 Å². The SMILES string of the molecule is O=C(c1cncc2c(Cl)cccc12)N1CCC(n2nc(C3CC3)[nH]c2=O)CC1. The molecule has 0 unspecified atom stereocenters. The summed E-state index contributed by atoms with van der Waals surface area (Å²) in [4.78, 5) is 34.2. The highest BCUT2D eigenvalue weighted by Crippen LogP contribution is 2.37. The van der Waals surface area contributed by atoms with E-state index in [1.807, 2.05) is 17.0 Å². The zero-order chi connectivity index (χ0) is 19.3. The van der Waals surface area contributed by atoms with Crippen molar-refractivity contribution in [3.05, 3.63) is 57.5 Å². The van der Waals surface area contributed by atoms with Gasteiger partial charge in [-0.3, -0.25) is 14.8 Å². The van der Waals surface area contributed by atoms with Crippen LogP contribution in [-0.4, -0.2) is 43.6 Å². The molecule has 1 aromatic carbocycles. The third-order valence-corrected chi connectivity index (χ3v) is 6.03. The van der Waals surface area contributed by atoms with Crippen molar-refractivity contribution in [1.82, 2.24) is 24.6 Å². The Morgan fingerprint density at radius 2 is 1.89 bits per heavy atom. The number of nitrogens with one attached hydrogen (secondary N) is 1. The highest BCUT2D eigenvalue weighted by molar-refractivity contribution is 6.35. The number of likely N-dealkylation sites (tertiary alicyclic amines) is 1. The molecule has 1 saturated heterocycles. The van der Waals surface area contributed by atoms with Crippen LogP contribution in [-0.2, 0) is 0 Å². The molecule has 0 bridgehead atoms. The molecule has 1 amide bonds. The van der Waals surface area contributed by atoms with Crippen LogP contribution in [0.4, 0.5) is 0 Å². The molecule has 3 heterocycles. The third kappa shape index (κ3) is 2.99. The number of rotatable bonds is 3. The summed E-state index contributed by atoms with van der Waals surface area (Å²) in [7, 11) is 0. The van der Waals surface area contributed by atoms with Gasteiger partial charge in [-0.2, -0.15) is 5.10 Å². The van der Waals surface area contributed by atoms with Gasteiger partial charge in [-0.05, 0) is 37.1 Å². The molecule has 1 N–H and O–H groups in total. The first kappa shape index (κ1) is 17.4. The van der Waals surface area contributed by atoms with Crippen molar-refractivity contribution in [3.63, 3.8) is 0 Å². The normalized spacial score (nSPS) is 18.0. The number of aromatic nitrogens is 4. The fourth-order valence-electron chi connectivity index (χ4n) is 3.95. The molecule has 28 heavy (non-hydrogen) atoms. The van der Waals surface area contributed by atoms with Crippen LogP contribution in [0.15, 0.2) is 35.4 Å². The molecule has 8 heteroatoms. The van der Waals surface area contributed by atoms with Crippen molar-refractivity contribution >= 4 is 28.3 Å². The molecule has 0 spiro atoms. The fourth-order valence-corrected chi connectivity index (χ4v) is 4.18. The number of H-pyrrole nitrogens is 1. The minimum Gasteiger partial charge on any atom is -0.338 e. The lowest BCUT2D eigenvalue weighted by Crippen LogP contribution is -2.41. The van der Waals surface area contributed by atoms with E-state index in [1.54, 1.807) is 23.1 Å². The smallest absolute Gasteiger partial charge is 0.338 e. The predicted octanol–water partition coefficient (Wildman–Crippen LogP) is 3.13. The summed E-state index contributed by atoms with van der Waals surface area (Å²) < 4.78 is 1.58. The van der Waals surface area contributed by atoms with Crippen LogP contribution in [0.3, 0.4) is 0 Å². The molecule has 3 aromatic rings. The Balaban J connectivity index is 1.34. The summed E-state index contributed by atoms with van der Waals surface area (Å²) in [5.41, 5.74) is 0.422. The highest BCUT2D eigenvalue weighted by atomic mass is 35.5. The van der Waals surface area contributed by atoms with Crippen molar-refractivity contribution in [2.45, 2.75) is 37.6 Å². The maximum atomic E-state index is 13.1. The van der Waals surface area contributed by atoms with E-state index in [0.717, 1.165) is 29.4 Å². The van der Waals surface area contributed by atoms with Gasteiger partial charge in [0.1, 0.15) is 5.82 Å². The van der Waals surface area contributed by atoms with Crippen LogP contribution >= 0.6 is 11.6 Å². The first-order valence-corrected chi connectivity index (χ1v) is 10.00. The van der Waals surface area contributed by atoms with E-state index >= 15 is 0 Å². The summed E-state index contributed by atoms with van der Waals surface area (Å²) in [6, 6.07) is 5.56. The topological polar surface area (TPSA) is 83.9 Å². The average Bonchev–Trinajstić information content (AvgIpc) is 3.50. The fraction of sp³-hybridized carbons (Fsp3) is 0.400. The lowest BCUT2D eigenvalue weighted by Gasteiger charge is -2.31. The summed E-state index contributed by atoms with van der Waals surface area (Å²) in [5.74, 6) is 1.18. The summed E-state index contributed by atoms with van der Waals surface area (Å²) in [6.45, 7) is 1.16. The van der Waals surface area contributed by atoms with Gasteiger partial charge in [0.15, 0.2) is 0 Å². The summed E-state index contributed by atoms with van der Waals surface area (Å²) in [5, 5.41) is 6.67. The molecule has 144 valence electrons. The van der Waals surface area contributed by atoms with E-state index in [2.05, 4.69) is 15.1 Å². The molecular weight excluding hydrogens is 378 g/mol. The number of halogens is 1. The number of carbonyl (C=O) groups excluding carboxylic acids is 1. The summed E-state index contributed by atoms with van der Waals surface area (Å²) >= 11 is 6.24. The molecule has 2 aromatic heterocycles. The molecule has 2 fully saturated rings. The van der Waals surface area contributed by atoms with Crippen LogP contribution in [0.1, 0.15) is 53.8 Å². The Hall–Kier alpha value is -2.67. The average molecular weight is 398 g/mol. The Labute approximate surface area is 166 Å². The first-order chi connectivity index (χ1) is 13.6. The molecule has 7 nitrogen and oxygen atoms in total. The van der Waals surface area contributed by atoms with Gasteiger partial charge in [-0.25, -0.2) is 9.48 Å². The predicted molar refractivity (Wildman–Crippen MR) is 106 cm³/mol. The quantitative estimate of drug-likeness (QED) is 0.735. The van der Waals surface area contributed by atoms with Crippen molar-refractivity contribution < 1.29 is 4.79 Å². The van der Waals surface area contributed by atoms with E-state index in [9.17, 15) is 9.59 Å². The molecule has 0 radical (unpaired) electrons. The number of piperidine rings is 1. The maximum Gasteiger partial charge on any atom is 0.343 e. The van der Waals surface area contributed by atoms with Gasteiger partial charge in [0.25, 0.3) is 5.91 Å². The van der Waals surface area contributed by atoms with Crippen molar-refractivity contribution in [1.29, 1.82) is 0 Å². The van der Waals surface area contributed by atoms with Gasteiger partial charge in [0.05, 0.1) is 11.6 Å². The highest BCUT2D eigenvalue weighted by Gasteiger charge is 2.31. The van der Waals surface area contributed by atoms with Crippen LogP contribution in [0.2, 0.25) is 5.02 Å². The van der Waals surface area contributed by atoms with Gasteiger partial charge in [0.2, 0.25) is 0 Å². The number of hydrogen-bond acceptors (Lipinski definition) is 4. The monoisotopic (exact) mass is 397 g/mol. The van der Waals surface area contributed by atoms with E-state index in [0.29, 0.717) is 42.4 Å². The molecule has 2 aliphatic rings. The molecule has 1 aliphatic heterocycles. The number of benzene rings is 1.